The molecule has 19 heavy (non-hydrogen) atoms. The van der Waals surface area contributed by atoms with Crippen molar-refractivity contribution in [2.75, 3.05) is 31.8 Å². The van der Waals surface area contributed by atoms with Crippen molar-refractivity contribution in [3.63, 3.8) is 0 Å². The van der Waals surface area contributed by atoms with E-state index in [1.807, 2.05) is 38.2 Å². The van der Waals surface area contributed by atoms with Crippen LogP contribution in [0.15, 0.2) is 24.3 Å². The Labute approximate surface area is 118 Å². The number of nitrogens with one attached hydrogen (secondary N) is 1. The Morgan fingerprint density at radius 3 is 2.84 bits per heavy atom. The van der Waals surface area contributed by atoms with Crippen molar-refractivity contribution in [1.29, 1.82) is 0 Å². The number of aryl methyl sites for hydroxylation is 1. The molecule has 1 aromatic carbocycles. The lowest BCUT2D eigenvalue weighted by molar-refractivity contribution is -0.131. The minimum Gasteiger partial charge on any atom is -0.492 e. The van der Waals surface area contributed by atoms with E-state index in [4.69, 9.17) is 4.74 Å². The first kappa shape index (κ1) is 14.2. The molecule has 0 saturated carbocycles. The van der Waals surface area contributed by atoms with E-state index in [1.54, 1.807) is 16.7 Å². The van der Waals surface area contributed by atoms with Crippen molar-refractivity contribution in [2.24, 2.45) is 0 Å². The van der Waals surface area contributed by atoms with Gasteiger partial charge in [0.2, 0.25) is 5.91 Å². The highest BCUT2D eigenvalue weighted by atomic mass is 32.2. The lowest BCUT2D eigenvalue weighted by atomic mass is 10.2. The molecule has 1 fully saturated rings. The van der Waals surface area contributed by atoms with Crippen molar-refractivity contribution in [3.05, 3.63) is 29.8 Å². The van der Waals surface area contributed by atoms with Gasteiger partial charge in [0.25, 0.3) is 0 Å². The summed E-state index contributed by atoms with van der Waals surface area (Å²) in [4.78, 5) is 13.8. The smallest absolute Gasteiger partial charge is 0.240 e. The number of amides is 1. The fraction of sp³-hybridized carbons (Fsp3) is 0.500. The molecule has 1 amide bonds. The maximum Gasteiger partial charge on any atom is 0.240 e. The second kappa shape index (κ2) is 6.82. The zero-order chi connectivity index (χ0) is 13.7. The number of carbonyl (C=O) groups excluding carboxylic acids is 1. The van der Waals surface area contributed by atoms with Gasteiger partial charge in [-0.25, -0.2) is 0 Å². The Kier molecular flexibility index (Phi) is 5.10. The maximum atomic E-state index is 12.0. The minimum atomic E-state index is -0.0330. The predicted octanol–water partition coefficient (Wildman–Crippen LogP) is 1.49. The first-order chi connectivity index (χ1) is 9.16. The monoisotopic (exact) mass is 280 g/mol. The zero-order valence-corrected chi connectivity index (χ0v) is 12.2. The van der Waals surface area contributed by atoms with Crippen LogP contribution in [0.4, 0.5) is 0 Å². The van der Waals surface area contributed by atoms with E-state index < -0.39 is 0 Å². The number of nitrogens with zero attached hydrogens (tertiary/aromatic N) is 1. The van der Waals surface area contributed by atoms with Crippen LogP contribution in [0.1, 0.15) is 5.56 Å². The van der Waals surface area contributed by atoms with Gasteiger partial charge in [0.05, 0.1) is 12.6 Å². The van der Waals surface area contributed by atoms with Gasteiger partial charge < -0.3 is 9.64 Å². The molecule has 0 spiro atoms. The molecule has 1 aliphatic rings. The summed E-state index contributed by atoms with van der Waals surface area (Å²) in [6.07, 6.45) is 0. The van der Waals surface area contributed by atoms with E-state index in [-0.39, 0.29) is 11.9 Å². The van der Waals surface area contributed by atoms with Crippen molar-refractivity contribution in [3.8, 4) is 5.75 Å². The number of likely N-dealkylation sites (N-methyl/N-ethyl adjacent to an activating group) is 1. The van der Waals surface area contributed by atoms with Crippen LogP contribution in [0.3, 0.4) is 0 Å². The highest BCUT2D eigenvalue weighted by Gasteiger charge is 2.25. The molecule has 1 aromatic rings. The average Bonchev–Trinajstić information content (AvgIpc) is 2.94. The minimum absolute atomic E-state index is 0.0330. The van der Waals surface area contributed by atoms with Crippen molar-refractivity contribution in [2.45, 2.75) is 13.0 Å². The molecule has 5 heteroatoms. The second-order valence-corrected chi connectivity index (χ2v) is 5.72. The molecule has 1 atom stereocenters. The SMILES string of the molecule is Cc1ccc(OCCN(C)C(=O)C2CSCN2)cc1. The molecule has 1 saturated heterocycles. The highest BCUT2D eigenvalue weighted by molar-refractivity contribution is 7.99. The summed E-state index contributed by atoms with van der Waals surface area (Å²) in [5, 5.41) is 3.18. The molecular weight excluding hydrogens is 260 g/mol. The van der Waals surface area contributed by atoms with Gasteiger partial charge in [-0.3, -0.25) is 10.1 Å². The fourth-order valence-electron chi connectivity index (χ4n) is 1.86. The van der Waals surface area contributed by atoms with Crippen LogP contribution >= 0.6 is 11.8 Å². The molecule has 0 aliphatic carbocycles. The Bertz CT molecular complexity index is 416. The number of thioether (sulfide) groups is 1. The maximum absolute atomic E-state index is 12.0. The van der Waals surface area contributed by atoms with Crippen molar-refractivity contribution in [1.82, 2.24) is 10.2 Å². The molecule has 0 bridgehead atoms. The highest BCUT2D eigenvalue weighted by Crippen LogP contribution is 2.12. The average molecular weight is 280 g/mol. The van der Waals surface area contributed by atoms with Crippen LogP contribution in [0.2, 0.25) is 0 Å². The van der Waals surface area contributed by atoms with Crippen molar-refractivity contribution >= 4 is 17.7 Å². The number of rotatable bonds is 5. The van der Waals surface area contributed by atoms with Crippen LogP contribution < -0.4 is 10.1 Å². The van der Waals surface area contributed by atoms with Gasteiger partial charge >= 0.3 is 0 Å². The summed E-state index contributed by atoms with van der Waals surface area (Å²) in [5.74, 6) is 2.73. The molecular formula is C14H20N2O2S. The van der Waals surface area contributed by atoms with Gasteiger partial charge in [-0.15, -0.1) is 11.8 Å². The second-order valence-electron chi connectivity index (χ2n) is 4.69. The van der Waals surface area contributed by atoms with E-state index in [0.717, 1.165) is 17.4 Å². The first-order valence-electron chi connectivity index (χ1n) is 6.42. The summed E-state index contributed by atoms with van der Waals surface area (Å²) in [6.45, 7) is 3.17. The summed E-state index contributed by atoms with van der Waals surface area (Å²) in [6, 6.07) is 7.90. The van der Waals surface area contributed by atoms with E-state index in [0.29, 0.717) is 13.2 Å². The Morgan fingerprint density at radius 1 is 1.47 bits per heavy atom. The summed E-state index contributed by atoms with van der Waals surface area (Å²) in [5.41, 5.74) is 1.21. The van der Waals surface area contributed by atoms with E-state index in [1.165, 1.54) is 5.56 Å². The number of benzene rings is 1. The molecule has 104 valence electrons. The Hall–Kier alpha value is -1.20. The topological polar surface area (TPSA) is 41.6 Å². The van der Waals surface area contributed by atoms with Crippen LogP contribution in [0.5, 0.6) is 5.75 Å². The molecule has 1 aliphatic heterocycles. The normalized spacial score (nSPS) is 18.3. The van der Waals surface area contributed by atoms with Gasteiger partial charge in [-0.05, 0) is 19.1 Å². The third kappa shape index (κ3) is 4.14. The van der Waals surface area contributed by atoms with Crippen LogP contribution in [-0.2, 0) is 4.79 Å². The molecule has 1 N–H and O–H groups in total. The molecule has 1 unspecified atom stereocenters. The first-order valence-corrected chi connectivity index (χ1v) is 7.58. The quantitative estimate of drug-likeness (QED) is 0.887. The summed E-state index contributed by atoms with van der Waals surface area (Å²) >= 11 is 1.76. The number of carbonyl (C=O) groups is 1. The third-order valence-electron chi connectivity index (χ3n) is 3.11. The van der Waals surface area contributed by atoms with E-state index >= 15 is 0 Å². The summed E-state index contributed by atoms with van der Waals surface area (Å²) < 4.78 is 5.62. The van der Waals surface area contributed by atoms with E-state index in [9.17, 15) is 4.79 Å². The Morgan fingerprint density at radius 2 is 2.21 bits per heavy atom. The molecule has 0 aromatic heterocycles. The lowest BCUT2D eigenvalue weighted by Crippen LogP contribution is -2.44. The number of hydrogen-bond acceptors (Lipinski definition) is 4. The molecule has 2 rings (SSSR count). The number of ether oxygens (including phenoxy) is 1. The zero-order valence-electron chi connectivity index (χ0n) is 11.4. The van der Waals surface area contributed by atoms with Crippen LogP contribution in [-0.4, -0.2) is 48.7 Å². The predicted molar refractivity (Wildman–Crippen MR) is 78.6 cm³/mol. The van der Waals surface area contributed by atoms with Gasteiger partial charge in [0.1, 0.15) is 12.4 Å². The third-order valence-corrected chi connectivity index (χ3v) is 4.05. The van der Waals surface area contributed by atoms with Gasteiger partial charge in [-0.1, -0.05) is 17.7 Å². The van der Waals surface area contributed by atoms with Crippen molar-refractivity contribution < 1.29 is 9.53 Å². The Balaban J connectivity index is 1.72. The summed E-state index contributed by atoms with van der Waals surface area (Å²) in [7, 11) is 1.82. The van der Waals surface area contributed by atoms with Gasteiger partial charge in [-0.2, -0.15) is 0 Å². The largest absolute Gasteiger partial charge is 0.492 e. The van der Waals surface area contributed by atoms with Crippen LogP contribution in [0.25, 0.3) is 0 Å². The van der Waals surface area contributed by atoms with Gasteiger partial charge in [0.15, 0.2) is 0 Å². The molecule has 1 heterocycles. The molecule has 0 radical (unpaired) electrons. The molecule has 4 nitrogen and oxygen atoms in total. The van der Waals surface area contributed by atoms with Crippen LogP contribution in [0, 0.1) is 6.92 Å². The van der Waals surface area contributed by atoms with E-state index in [2.05, 4.69) is 5.32 Å². The lowest BCUT2D eigenvalue weighted by Gasteiger charge is -2.20. The van der Waals surface area contributed by atoms with Gasteiger partial charge in [0, 0.05) is 18.7 Å². The fourth-order valence-corrected chi connectivity index (χ4v) is 2.80. The number of hydrogen-bond donors (Lipinski definition) is 1. The standard InChI is InChI=1S/C14H20N2O2S/c1-11-3-5-12(6-4-11)18-8-7-16(2)14(17)13-9-19-10-15-13/h3-6,13,15H,7-10H2,1-2H3.